The summed E-state index contributed by atoms with van der Waals surface area (Å²) in [5.74, 6) is -4.19. The van der Waals surface area contributed by atoms with Crippen LogP contribution in [0.3, 0.4) is 0 Å². The topological polar surface area (TPSA) is 51.0 Å². The van der Waals surface area contributed by atoms with Crippen molar-refractivity contribution in [2.75, 3.05) is 13.2 Å². The maximum atomic E-state index is 13.0. The summed E-state index contributed by atoms with van der Waals surface area (Å²) >= 11 is 0. The third kappa shape index (κ3) is 4.87. The summed E-state index contributed by atoms with van der Waals surface area (Å²) < 4.78 is 60.6. The van der Waals surface area contributed by atoms with Gasteiger partial charge < -0.3 is 14.6 Å². The van der Waals surface area contributed by atoms with E-state index < -0.39 is 19.0 Å². The molecule has 0 aliphatic carbocycles. The first-order valence-corrected chi connectivity index (χ1v) is 7.71. The van der Waals surface area contributed by atoms with Crippen molar-refractivity contribution in [3.8, 4) is 17.2 Å². The molecule has 0 fully saturated rings. The van der Waals surface area contributed by atoms with Crippen LogP contribution in [0.5, 0.6) is 17.2 Å². The summed E-state index contributed by atoms with van der Waals surface area (Å²) in [6.07, 6.45) is -2.53. The zero-order chi connectivity index (χ0) is 19.2. The van der Waals surface area contributed by atoms with Crippen molar-refractivity contribution in [2.45, 2.75) is 19.3 Å². The van der Waals surface area contributed by atoms with Gasteiger partial charge in [-0.15, -0.1) is 0 Å². The van der Waals surface area contributed by atoms with Gasteiger partial charge in [0.15, 0.2) is 18.1 Å². The number of halogens is 4. The second-order valence-corrected chi connectivity index (χ2v) is 5.20. The lowest BCUT2D eigenvalue weighted by Gasteiger charge is -2.16. The molecule has 0 unspecified atom stereocenters. The predicted octanol–water partition coefficient (Wildman–Crippen LogP) is 4.82. The summed E-state index contributed by atoms with van der Waals surface area (Å²) in [6, 6.07) is 10.7. The molecule has 0 atom stereocenters. The Labute approximate surface area is 147 Å². The van der Waals surface area contributed by atoms with Gasteiger partial charge in [0.25, 0.3) is 0 Å². The van der Waals surface area contributed by atoms with Crippen molar-refractivity contribution in [1.82, 2.24) is 0 Å². The summed E-state index contributed by atoms with van der Waals surface area (Å²) in [7, 11) is 0. The molecular weight excluding hydrogens is 354 g/mol. The van der Waals surface area contributed by atoms with Gasteiger partial charge in [0.2, 0.25) is 0 Å². The van der Waals surface area contributed by atoms with Crippen LogP contribution in [-0.2, 0) is 0 Å². The fourth-order valence-corrected chi connectivity index (χ4v) is 1.98. The highest BCUT2D eigenvalue weighted by atomic mass is 19.3. The molecule has 1 N–H and O–H groups in total. The summed E-state index contributed by atoms with van der Waals surface area (Å²) in [5, 5.41) is 10.1. The Bertz CT molecular complexity index is 766. The standard InChI is InChI=1S/C18H17F4NO3/c1-2-25-15-9-5-6-12(16(15)24)10-23-13-7-3-4-8-14(13)26-11-18(21,22)17(19)20/h3-10,17,24H,2,11H2,1H3. The van der Waals surface area contributed by atoms with E-state index in [-0.39, 0.29) is 22.9 Å². The number of phenols is 1. The highest BCUT2D eigenvalue weighted by molar-refractivity contribution is 5.87. The van der Waals surface area contributed by atoms with Crippen LogP contribution in [-0.4, -0.2) is 36.9 Å². The largest absolute Gasteiger partial charge is 0.504 e. The fourth-order valence-electron chi connectivity index (χ4n) is 1.98. The minimum Gasteiger partial charge on any atom is -0.504 e. The molecular formula is C18H17F4NO3. The molecule has 0 heterocycles. The number of rotatable bonds is 8. The average molecular weight is 371 g/mol. The molecule has 2 aromatic rings. The number of nitrogens with zero attached hydrogens (tertiary/aromatic N) is 1. The van der Waals surface area contributed by atoms with Crippen LogP contribution in [0.15, 0.2) is 47.5 Å². The molecule has 0 radical (unpaired) electrons. The van der Waals surface area contributed by atoms with Crippen LogP contribution in [0.4, 0.5) is 23.2 Å². The van der Waals surface area contributed by atoms with Gasteiger partial charge in [-0.05, 0) is 31.2 Å². The zero-order valence-electron chi connectivity index (χ0n) is 13.8. The van der Waals surface area contributed by atoms with Gasteiger partial charge in [-0.25, -0.2) is 8.78 Å². The fraction of sp³-hybridized carbons (Fsp3) is 0.278. The van der Waals surface area contributed by atoms with Gasteiger partial charge in [0.05, 0.1) is 6.61 Å². The number of aromatic hydroxyl groups is 1. The first-order valence-electron chi connectivity index (χ1n) is 7.71. The molecule has 2 aromatic carbocycles. The Hall–Kier alpha value is -2.77. The number of alkyl halides is 4. The summed E-state index contributed by atoms with van der Waals surface area (Å²) in [5.41, 5.74) is 0.488. The van der Waals surface area contributed by atoms with Crippen LogP contribution in [0, 0.1) is 0 Å². The van der Waals surface area contributed by atoms with E-state index in [4.69, 9.17) is 9.47 Å². The Morgan fingerprint density at radius 1 is 1.08 bits per heavy atom. The number of ether oxygens (including phenoxy) is 2. The minimum atomic E-state index is -4.26. The maximum Gasteiger partial charge on any atom is 0.340 e. The average Bonchev–Trinajstić information content (AvgIpc) is 2.61. The van der Waals surface area contributed by atoms with E-state index in [0.29, 0.717) is 12.2 Å². The molecule has 0 aromatic heterocycles. The quantitative estimate of drug-likeness (QED) is 0.535. The Kier molecular flexibility index (Phi) is 6.43. The molecule has 140 valence electrons. The Balaban J connectivity index is 2.20. The molecule has 0 saturated carbocycles. The second-order valence-electron chi connectivity index (χ2n) is 5.20. The van der Waals surface area contributed by atoms with E-state index in [9.17, 15) is 22.7 Å². The predicted molar refractivity (Wildman–Crippen MR) is 89.4 cm³/mol. The normalized spacial score (nSPS) is 11.9. The minimum absolute atomic E-state index is 0.0791. The lowest BCUT2D eigenvalue weighted by molar-refractivity contribution is -0.148. The molecule has 4 nitrogen and oxygen atoms in total. The van der Waals surface area contributed by atoms with Crippen molar-refractivity contribution in [3.05, 3.63) is 48.0 Å². The van der Waals surface area contributed by atoms with Gasteiger partial charge in [0.1, 0.15) is 11.4 Å². The monoisotopic (exact) mass is 371 g/mol. The smallest absolute Gasteiger partial charge is 0.340 e. The Morgan fingerprint density at radius 3 is 2.46 bits per heavy atom. The number of benzene rings is 2. The van der Waals surface area contributed by atoms with Crippen LogP contribution in [0.25, 0.3) is 0 Å². The van der Waals surface area contributed by atoms with Crippen LogP contribution < -0.4 is 9.47 Å². The van der Waals surface area contributed by atoms with Gasteiger partial charge in [-0.2, -0.15) is 8.78 Å². The number of aliphatic imine (C=N–C) groups is 1. The molecule has 26 heavy (non-hydrogen) atoms. The van der Waals surface area contributed by atoms with E-state index in [1.165, 1.54) is 24.4 Å². The van der Waals surface area contributed by atoms with Crippen molar-refractivity contribution in [3.63, 3.8) is 0 Å². The lowest BCUT2D eigenvalue weighted by atomic mass is 10.2. The molecule has 0 aliphatic heterocycles. The molecule has 0 saturated heterocycles. The van der Waals surface area contributed by atoms with Crippen LogP contribution in [0.1, 0.15) is 12.5 Å². The van der Waals surface area contributed by atoms with Crippen molar-refractivity contribution in [2.24, 2.45) is 4.99 Å². The number of para-hydroxylation sites is 3. The van der Waals surface area contributed by atoms with E-state index >= 15 is 0 Å². The van der Waals surface area contributed by atoms with Crippen molar-refractivity contribution >= 4 is 11.9 Å². The zero-order valence-corrected chi connectivity index (χ0v) is 13.8. The third-order valence-electron chi connectivity index (χ3n) is 3.28. The third-order valence-corrected chi connectivity index (χ3v) is 3.28. The number of hydrogen-bond acceptors (Lipinski definition) is 4. The Morgan fingerprint density at radius 2 is 1.77 bits per heavy atom. The van der Waals surface area contributed by atoms with Crippen LogP contribution in [0.2, 0.25) is 0 Å². The lowest BCUT2D eigenvalue weighted by Crippen LogP contribution is -2.33. The van der Waals surface area contributed by atoms with Crippen molar-refractivity contribution < 1.29 is 32.1 Å². The summed E-state index contributed by atoms with van der Waals surface area (Å²) in [4.78, 5) is 4.09. The first kappa shape index (κ1) is 19.6. The number of phenolic OH excluding ortho intramolecular Hbond substituents is 1. The van der Waals surface area contributed by atoms with Gasteiger partial charge in [-0.3, -0.25) is 4.99 Å². The number of hydrogen-bond donors (Lipinski definition) is 1. The van der Waals surface area contributed by atoms with Gasteiger partial charge in [0, 0.05) is 11.8 Å². The molecule has 0 spiro atoms. The molecule has 8 heteroatoms. The van der Waals surface area contributed by atoms with E-state index in [2.05, 4.69) is 4.99 Å². The van der Waals surface area contributed by atoms with Crippen LogP contribution >= 0.6 is 0 Å². The first-order chi connectivity index (χ1) is 12.3. The molecule has 0 bridgehead atoms. The summed E-state index contributed by atoms with van der Waals surface area (Å²) in [6.45, 7) is 0.661. The van der Waals surface area contributed by atoms with Gasteiger partial charge >= 0.3 is 12.3 Å². The SMILES string of the molecule is CCOc1cccc(C=Nc2ccccc2OCC(F)(F)C(F)F)c1O. The van der Waals surface area contributed by atoms with E-state index in [1.807, 2.05) is 0 Å². The van der Waals surface area contributed by atoms with Crippen molar-refractivity contribution in [1.29, 1.82) is 0 Å². The molecule has 0 amide bonds. The van der Waals surface area contributed by atoms with E-state index in [1.54, 1.807) is 31.2 Å². The second kappa shape index (κ2) is 8.55. The molecule has 2 rings (SSSR count). The van der Waals surface area contributed by atoms with E-state index in [0.717, 1.165) is 0 Å². The van der Waals surface area contributed by atoms with Gasteiger partial charge in [-0.1, -0.05) is 18.2 Å². The maximum absolute atomic E-state index is 13.0. The highest BCUT2D eigenvalue weighted by Gasteiger charge is 2.41. The highest BCUT2D eigenvalue weighted by Crippen LogP contribution is 2.32. The molecule has 0 aliphatic rings.